The van der Waals surface area contributed by atoms with E-state index in [0.29, 0.717) is 0 Å². The van der Waals surface area contributed by atoms with Gasteiger partial charge in [0, 0.05) is 11.8 Å². The third-order valence-corrected chi connectivity index (χ3v) is 3.15. The number of amides is 1. The smallest absolute Gasteiger partial charge is 0.250 e. The van der Waals surface area contributed by atoms with Crippen LogP contribution in [-0.2, 0) is 4.79 Å². The van der Waals surface area contributed by atoms with E-state index in [9.17, 15) is 4.79 Å². The van der Waals surface area contributed by atoms with Crippen molar-refractivity contribution in [2.75, 3.05) is 5.32 Å². The van der Waals surface area contributed by atoms with Crippen molar-refractivity contribution in [2.45, 2.75) is 20.0 Å². The van der Waals surface area contributed by atoms with Crippen LogP contribution in [0.5, 0.6) is 5.75 Å². The molecular weight excluding hydrogens is 320 g/mol. The van der Waals surface area contributed by atoms with Crippen LogP contribution in [0.4, 0.5) is 5.69 Å². The van der Waals surface area contributed by atoms with Crippen LogP contribution >= 0.6 is 12.2 Å². The van der Waals surface area contributed by atoms with Crippen LogP contribution in [0, 0.1) is 0 Å². The largest absolute Gasteiger partial charge is 0.491 e. The Morgan fingerprint density at radius 2 is 1.75 bits per heavy atom. The van der Waals surface area contributed by atoms with Crippen molar-refractivity contribution in [3.05, 3.63) is 66.2 Å². The highest BCUT2D eigenvalue weighted by Crippen LogP contribution is 2.16. The number of carbonyl (C=O) groups is 1. The molecule has 0 unspecified atom stereocenters. The van der Waals surface area contributed by atoms with Gasteiger partial charge in [0.15, 0.2) is 5.11 Å². The van der Waals surface area contributed by atoms with Crippen molar-refractivity contribution in [1.82, 2.24) is 5.32 Å². The van der Waals surface area contributed by atoms with Crippen LogP contribution in [-0.4, -0.2) is 17.1 Å². The topological polar surface area (TPSA) is 50.4 Å². The molecule has 0 aliphatic carbocycles. The molecule has 4 nitrogen and oxygen atoms in total. The lowest BCUT2D eigenvalue weighted by atomic mass is 10.2. The van der Waals surface area contributed by atoms with Gasteiger partial charge in [0.2, 0.25) is 5.91 Å². The van der Waals surface area contributed by atoms with Gasteiger partial charge in [-0.2, -0.15) is 0 Å². The van der Waals surface area contributed by atoms with Gasteiger partial charge in [0.05, 0.1) is 6.10 Å². The van der Waals surface area contributed by atoms with Gasteiger partial charge < -0.3 is 10.1 Å². The summed E-state index contributed by atoms with van der Waals surface area (Å²) in [6.45, 7) is 3.94. The predicted molar refractivity (Wildman–Crippen MR) is 102 cm³/mol. The standard InChI is InChI=1S/C19H20N2O2S/c1-14(2)23-17-11-9-16(10-12-17)20-19(24)21-18(22)13-8-15-6-4-3-5-7-15/h3-14H,1-2H3,(H2,20,21,22,24)/b13-8+. The fourth-order valence-electron chi connectivity index (χ4n) is 1.94. The molecule has 0 saturated carbocycles. The minimum atomic E-state index is -0.281. The third-order valence-electron chi connectivity index (χ3n) is 2.95. The highest BCUT2D eigenvalue weighted by atomic mass is 32.1. The number of hydrogen-bond donors (Lipinski definition) is 2. The van der Waals surface area contributed by atoms with E-state index in [0.717, 1.165) is 17.0 Å². The lowest BCUT2D eigenvalue weighted by Gasteiger charge is -2.11. The Hall–Kier alpha value is -2.66. The quantitative estimate of drug-likeness (QED) is 0.638. The Balaban J connectivity index is 1.84. The molecule has 0 saturated heterocycles. The molecule has 24 heavy (non-hydrogen) atoms. The molecule has 5 heteroatoms. The molecule has 0 bridgehead atoms. The van der Waals surface area contributed by atoms with Crippen LogP contribution < -0.4 is 15.4 Å². The van der Waals surface area contributed by atoms with E-state index in [-0.39, 0.29) is 17.1 Å². The number of hydrogen-bond acceptors (Lipinski definition) is 3. The van der Waals surface area contributed by atoms with Crippen molar-refractivity contribution in [3.8, 4) is 5.75 Å². The van der Waals surface area contributed by atoms with Crippen molar-refractivity contribution in [1.29, 1.82) is 0 Å². The maximum Gasteiger partial charge on any atom is 0.250 e. The third kappa shape index (κ3) is 6.22. The van der Waals surface area contributed by atoms with Gasteiger partial charge in [-0.1, -0.05) is 30.3 Å². The summed E-state index contributed by atoms with van der Waals surface area (Å²) in [6, 6.07) is 17.0. The Bertz CT molecular complexity index is 710. The maximum atomic E-state index is 11.8. The van der Waals surface area contributed by atoms with Crippen LogP contribution in [0.15, 0.2) is 60.7 Å². The van der Waals surface area contributed by atoms with Crippen molar-refractivity contribution in [3.63, 3.8) is 0 Å². The number of carbonyl (C=O) groups excluding carboxylic acids is 1. The normalized spacial score (nSPS) is 10.6. The summed E-state index contributed by atoms with van der Waals surface area (Å²) >= 11 is 5.14. The SMILES string of the molecule is CC(C)Oc1ccc(NC(=S)NC(=O)/C=C/c2ccccc2)cc1. The van der Waals surface area contributed by atoms with Crippen LogP contribution in [0.2, 0.25) is 0 Å². The molecule has 0 aromatic heterocycles. The first-order valence-electron chi connectivity index (χ1n) is 7.65. The second-order valence-electron chi connectivity index (χ2n) is 5.38. The van der Waals surface area contributed by atoms with Crippen molar-refractivity contribution >= 4 is 35.0 Å². The van der Waals surface area contributed by atoms with Crippen LogP contribution in [0.3, 0.4) is 0 Å². The Kier molecular flexibility index (Phi) is 6.51. The average molecular weight is 340 g/mol. The van der Waals surface area contributed by atoms with E-state index in [2.05, 4.69) is 10.6 Å². The summed E-state index contributed by atoms with van der Waals surface area (Å²) in [7, 11) is 0. The molecule has 0 heterocycles. The van der Waals surface area contributed by atoms with E-state index in [4.69, 9.17) is 17.0 Å². The molecule has 0 aliphatic heterocycles. The van der Waals surface area contributed by atoms with E-state index in [1.807, 2.05) is 68.4 Å². The monoisotopic (exact) mass is 340 g/mol. The summed E-state index contributed by atoms with van der Waals surface area (Å²) in [6.07, 6.45) is 3.30. The number of thiocarbonyl (C=S) groups is 1. The van der Waals surface area contributed by atoms with Crippen LogP contribution in [0.25, 0.3) is 6.08 Å². The van der Waals surface area contributed by atoms with Crippen LogP contribution in [0.1, 0.15) is 19.4 Å². The Labute approximate surface area is 147 Å². The van der Waals surface area contributed by atoms with Gasteiger partial charge in [0.1, 0.15) is 5.75 Å². The highest BCUT2D eigenvalue weighted by molar-refractivity contribution is 7.80. The molecule has 1 amide bonds. The molecule has 2 aromatic rings. The second kappa shape index (κ2) is 8.84. The zero-order chi connectivity index (χ0) is 17.4. The molecule has 0 atom stereocenters. The number of ether oxygens (including phenoxy) is 1. The van der Waals surface area contributed by atoms with Gasteiger partial charge in [-0.25, -0.2) is 0 Å². The molecule has 2 N–H and O–H groups in total. The molecule has 2 aromatic carbocycles. The lowest BCUT2D eigenvalue weighted by molar-refractivity contribution is -0.115. The van der Waals surface area contributed by atoms with E-state index in [1.165, 1.54) is 6.08 Å². The number of anilines is 1. The van der Waals surface area contributed by atoms with Gasteiger partial charge in [-0.15, -0.1) is 0 Å². The first kappa shape index (κ1) is 17.7. The van der Waals surface area contributed by atoms with Gasteiger partial charge in [-0.05, 0) is 62.0 Å². The van der Waals surface area contributed by atoms with Gasteiger partial charge in [0.25, 0.3) is 0 Å². The average Bonchev–Trinajstić information content (AvgIpc) is 2.55. The van der Waals surface area contributed by atoms with Gasteiger partial charge in [-0.3, -0.25) is 10.1 Å². The number of benzene rings is 2. The van der Waals surface area contributed by atoms with Gasteiger partial charge >= 0.3 is 0 Å². The minimum Gasteiger partial charge on any atom is -0.491 e. The molecule has 0 aliphatic rings. The molecule has 2 rings (SSSR count). The first-order valence-corrected chi connectivity index (χ1v) is 8.05. The van der Waals surface area contributed by atoms with E-state index < -0.39 is 0 Å². The van der Waals surface area contributed by atoms with E-state index >= 15 is 0 Å². The summed E-state index contributed by atoms with van der Waals surface area (Å²) < 4.78 is 5.57. The van der Waals surface area contributed by atoms with Crippen molar-refractivity contribution < 1.29 is 9.53 Å². The van der Waals surface area contributed by atoms with E-state index in [1.54, 1.807) is 6.08 Å². The summed E-state index contributed by atoms with van der Waals surface area (Å²) in [4.78, 5) is 11.8. The summed E-state index contributed by atoms with van der Waals surface area (Å²) in [5.41, 5.74) is 1.73. The fraction of sp³-hybridized carbons (Fsp3) is 0.158. The van der Waals surface area contributed by atoms with Crippen molar-refractivity contribution in [2.24, 2.45) is 0 Å². The minimum absolute atomic E-state index is 0.126. The Morgan fingerprint density at radius 3 is 2.38 bits per heavy atom. The number of rotatable bonds is 5. The molecule has 0 fully saturated rings. The molecule has 124 valence electrons. The summed E-state index contributed by atoms with van der Waals surface area (Å²) in [5, 5.41) is 5.82. The Morgan fingerprint density at radius 1 is 1.08 bits per heavy atom. The zero-order valence-corrected chi connectivity index (χ0v) is 14.5. The maximum absolute atomic E-state index is 11.8. The molecule has 0 spiro atoms. The number of nitrogens with one attached hydrogen (secondary N) is 2. The first-order chi connectivity index (χ1) is 11.5. The zero-order valence-electron chi connectivity index (χ0n) is 13.7. The summed E-state index contributed by atoms with van der Waals surface area (Å²) in [5.74, 6) is 0.507. The second-order valence-corrected chi connectivity index (χ2v) is 5.79. The molecular formula is C19H20N2O2S. The molecule has 0 radical (unpaired) electrons. The lowest BCUT2D eigenvalue weighted by Crippen LogP contribution is -2.32. The predicted octanol–water partition coefficient (Wildman–Crippen LogP) is 4.00. The fourth-order valence-corrected chi connectivity index (χ4v) is 2.16. The highest BCUT2D eigenvalue weighted by Gasteiger charge is 2.03.